The van der Waals surface area contributed by atoms with Crippen LogP contribution in [0.5, 0.6) is 0 Å². The van der Waals surface area contributed by atoms with Crippen molar-refractivity contribution in [3.8, 4) is 0 Å². The predicted octanol–water partition coefficient (Wildman–Crippen LogP) is 3.35. The van der Waals surface area contributed by atoms with Gasteiger partial charge in [0.2, 0.25) is 0 Å². The van der Waals surface area contributed by atoms with Gasteiger partial charge < -0.3 is 10.6 Å². The van der Waals surface area contributed by atoms with Crippen LogP contribution in [0.3, 0.4) is 0 Å². The Morgan fingerprint density at radius 1 is 1.05 bits per heavy atom. The van der Waals surface area contributed by atoms with Gasteiger partial charge in [0.15, 0.2) is 5.96 Å². The first-order valence-corrected chi connectivity index (χ1v) is 7.45. The largest absolute Gasteiger partial charge is 0.356 e. The van der Waals surface area contributed by atoms with E-state index in [0.29, 0.717) is 0 Å². The lowest BCUT2D eigenvalue weighted by molar-refractivity contribution is 0.501. The molecule has 0 atom stereocenters. The van der Waals surface area contributed by atoms with Crippen LogP contribution in [0.4, 0.5) is 0 Å². The van der Waals surface area contributed by atoms with Crippen molar-refractivity contribution >= 4 is 16.7 Å². The molecule has 2 aromatic carbocycles. The van der Waals surface area contributed by atoms with Gasteiger partial charge in [-0.15, -0.1) is 0 Å². The lowest BCUT2D eigenvalue weighted by atomic mass is 10.0. The zero-order chi connectivity index (χ0) is 15.3. The van der Waals surface area contributed by atoms with Crippen molar-refractivity contribution in [3.05, 3.63) is 48.0 Å². The summed E-state index contributed by atoms with van der Waals surface area (Å²) in [4.78, 5) is 4.26. The van der Waals surface area contributed by atoms with Crippen LogP contribution in [0.25, 0.3) is 10.8 Å². The fraction of sp³-hybridized carbons (Fsp3) is 0.389. The molecule has 0 spiro atoms. The molecule has 0 heterocycles. The Morgan fingerprint density at radius 2 is 1.76 bits per heavy atom. The van der Waals surface area contributed by atoms with Crippen LogP contribution in [-0.2, 0) is 6.42 Å². The van der Waals surface area contributed by atoms with E-state index < -0.39 is 0 Å². The van der Waals surface area contributed by atoms with Gasteiger partial charge in [0, 0.05) is 19.1 Å². The van der Waals surface area contributed by atoms with Gasteiger partial charge in [0.05, 0.1) is 0 Å². The number of guanidine groups is 1. The molecule has 0 saturated heterocycles. The molecule has 0 aliphatic rings. The first-order chi connectivity index (χ1) is 9.99. The zero-order valence-corrected chi connectivity index (χ0v) is 13.4. The first kappa shape index (κ1) is 15.4. The van der Waals surface area contributed by atoms with Crippen molar-refractivity contribution in [2.24, 2.45) is 4.99 Å². The second-order valence-corrected chi connectivity index (χ2v) is 6.26. The van der Waals surface area contributed by atoms with Crippen LogP contribution in [0, 0.1) is 0 Å². The highest BCUT2D eigenvalue weighted by Crippen LogP contribution is 2.18. The third-order valence-corrected chi connectivity index (χ3v) is 3.28. The van der Waals surface area contributed by atoms with Crippen molar-refractivity contribution in [2.75, 3.05) is 13.6 Å². The van der Waals surface area contributed by atoms with Gasteiger partial charge in [-0.25, -0.2) is 0 Å². The van der Waals surface area contributed by atoms with E-state index in [2.05, 4.69) is 78.9 Å². The summed E-state index contributed by atoms with van der Waals surface area (Å²) in [5.74, 6) is 0.850. The molecule has 0 fully saturated rings. The molecule has 0 aromatic heterocycles. The third kappa shape index (κ3) is 4.48. The lowest BCUT2D eigenvalue weighted by Crippen LogP contribution is -2.48. The van der Waals surface area contributed by atoms with Crippen LogP contribution in [-0.4, -0.2) is 25.1 Å². The standard InChI is InChI=1S/C18H25N3/c1-18(2,3)21-17(19-4)20-13-12-15-10-7-9-14-8-5-6-11-16(14)15/h5-11H,12-13H2,1-4H3,(H2,19,20,21). The smallest absolute Gasteiger partial charge is 0.191 e. The predicted molar refractivity (Wildman–Crippen MR) is 91.9 cm³/mol. The molecule has 21 heavy (non-hydrogen) atoms. The summed E-state index contributed by atoms with van der Waals surface area (Å²) in [5, 5.41) is 9.38. The Morgan fingerprint density at radius 3 is 2.48 bits per heavy atom. The van der Waals surface area contributed by atoms with Crippen molar-refractivity contribution in [1.82, 2.24) is 10.6 Å². The van der Waals surface area contributed by atoms with Gasteiger partial charge in [0.25, 0.3) is 0 Å². The van der Waals surface area contributed by atoms with Gasteiger partial charge in [-0.2, -0.15) is 0 Å². The molecule has 0 saturated carbocycles. The van der Waals surface area contributed by atoms with Gasteiger partial charge in [-0.1, -0.05) is 42.5 Å². The quantitative estimate of drug-likeness (QED) is 0.669. The molecule has 0 amide bonds. The molecular formula is C18H25N3. The summed E-state index contributed by atoms with van der Waals surface area (Å²) in [5.41, 5.74) is 1.38. The van der Waals surface area contributed by atoms with Gasteiger partial charge in [-0.05, 0) is 43.5 Å². The molecule has 0 bridgehead atoms. The second kappa shape index (κ2) is 6.61. The summed E-state index contributed by atoms with van der Waals surface area (Å²) in [7, 11) is 1.80. The molecular weight excluding hydrogens is 258 g/mol. The molecule has 0 radical (unpaired) electrons. The summed E-state index contributed by atoms with van der Waals surface area (Å²) >= 11 is 0. The van der Waals surface area contributed by atoms with E-state index in [-0.39, 0.29) is 5.54 Å². The number of hydrogen-bond acceptors (Lipinski definition) is 1. The number of aliphatic imine (C=N–C) groups is 1. The molecule has 112 valence electrons. The lowest BCUT2D eigenvalue weighted by Gasteiger charge is -2.23. The molecule has 3 nitrogen and oxygen atoms in total. The van der Waals surface area contributed by atoms with Crippen LogP contribution in [0.1, 0.15) is 26.3 Å². The third-order valence-electron chi connectivity index (χ3n) is 3.28. The van der Waals surface area contributed by atoms with Gasteiger partial charge >= 0.3 is 0 Å². The van der Waals surface area contributed by atoms with E-state index in [1.165, 1.54) is 16.3 Å². The average Bonchev–Trinajstić information content (AvgIpc) is 2.45. The minimum Gasteiger partial charge on any atom is -0.356 e. The normalized spacial score (nSPS) is 12.5. The minimum atomic E-state index is 0.0152. The van der Waals surface area contributed by atoms with E-state index >= 15 is 0 Å². The molecule has 2 N–H and O–H groups in total. The monoisotopic (exact) mass is 283 g/mol. The number of benzene rings is 2. The fourth-order valence-corrected chi connectivity index (χ4v) is 2.36. The SMILES string of the molecule is CN=C(NCCc1cccc2ccccc12)NC(C)(C)C. The highest BCUT2D eigenvalue weighted by Gasteiger charge is 2.11. The zero-order valence-electron chi connectivity index (χ0n) is 13.4. The topological polar surface area (TPSA) is 36.4 Å². The van der Waals surface area contributed by atoms with Gasteiger partial charge in [0.1, 0.15) is 0 Å². The number of fused-ring (bicyclic) bond motifs is 1. The van der Waals surface area contributed by atoms with Crippen LogP contribution in [0.2, 0.25) is 0 Å². The molecule has 0 aliphatic carbocycles. The van der Waals surface area contributed by atoms with E-state index in [0.717, 1.165) is 18.9 Å². The van der Waals surface area contributed by atoms with Crippen molar-refractivity contribution in [2.45, 2.75) is 32.7 Å². The van der Waals surface area contributed by atoms with E-state index in [9.17, 15) is 0 Å². The fourth-order valence-electron chi connectivity index (χ4n) is 2.36. The highest BCUT2D eigenvalue weighted by molar-refractivity contribution is 5.85. The average molecular weight is 283 g/mol. The number of hydrogen-bond donors (Lipinski definition) is 2. The molecule has 3 heteroatoms. The maximum Gasteiger partial charge on any atom is 0.191 e. The van der Waals surface area contributed by atoms with Gasteiger partial charge in [-0.3, -0.25) is 4.99 Å². The first-order valence-electron chi connectivity index (χ1n) is 7.45. The van der Waals surface area contributed by atoms with Crippen LogP contribution in [0.15, 0.2) is 47.5 Å². The van der Waals surface area contributed by atoms with Crippen molar-refractivity contribution < 1.29 is 0 Å². The van der Waals surface area contributed by atoms with E-state index in [1.54, 1.807) is 7.05 Å². The Balaban J connectivity index is 1.99. The van der Waals surface area contributed by atoms with E-state index in [4.69, 9.17) is 0 Å². The highest BCUT2D eigenvalue weighted by atomic mass is 15.2. The molecule has 2 aromatic rings. The Kier molecular flexibility index (Phi) is 4.84. The summed E-state index contributed by atoms with van der Waals surface area (Å²) in [6, 6.07) is 15.0. The summed E-state index contributed by atoms with van der Waals surface area (Å²) in [6.07, 6.45) is 0.978. The Bertz CT molecular complexity index is 618. The summed E-state index contributed by atoms with van der Waals surface area (Å²) in [6.45, 7) is 7.25. The number of nitrogens with zero attached hydrogens (tertiary/aromatic N) is 1. The minimum absolute atomic E-state index is 0.0152. The van der Waals surface area contributed by atoms with E-state index in [1.807, 2.05) is 0 Å². The van der Waals surface area contributed by atoms with Crippen molar-refractivity contribution in [3.63, 3.8) is 0 Å². The maximum absolute atomic E-state index is 4.26. The molecule has 2 rings (SSSR count). The Labute approximate surface area is 127 Å². The van der Waals surface area contributed by atoms with Crippen molar-refractivity contribution in [1.29, 1.82) is 0 Å². The molecule has 0 aliphatic heterocycles. The Hall–Kier alpha value is -2.03. The number of nitrogens with one attached hydrogen (secondary N) is 2. The van der Waals surface area contributed by atoms with Crippen LogP contribution < -0.4 is 10.6 Å². The number of rotatable bonds is 3. The maximum atomic E-state index is 4.26. The second-order valence-electron chi connectivity index (χ2n) is 6.26. The van der Waals surface area contributed by atoms with Crippen LogP contribution >= 0.6 is 0 Å². The summed E-state index contributed by atoms with van der Waals surface area (Å²) < 4.78 is 0. The molecule has 0 unspecified atom stereocenters.